The molecule has 0 aliphatic carbocycles. The van der Waals surface area contributed by atoms with Crippen molar-refractivity contribution in [1.29, 1.82) is 0 Å². The van der Waals surface area contributed by atoms with Gasteiger partial charge < -0.3 is 10.2 Å². The topological polar surface area (TPSA) is 86.8 Å². The lowest BCUT2D eigenvalue weighted by Crippen LogP contribution is -2.52. The molecule has 0 heterocycles. The third kappa shape index (κ3) is 7.91. The molecule has 0 spiro atoms. The SMILES string of the molecule is CCCCNC(=O)[C@@H](CC)N(Cc1cccc(C)c1)C(=O)CN(c1ccc(C)cc1)S(=O)(=O)c1ccc(F)cc1. The van der Waals surface area contributed by atoms with Crippen LogP contribution in [0, 0.1) is 19.7 Å². The van der Waals surface area contributed by atoms with Crippen molar-refractivity contribution >= 4 is 27.5 Å². The molecule has 3 aromatic carbocycles. The minimum atomic E-state index is -4.24. The van der Waals surface area contributed by atoms with Crippen LogP contribution in [0.2, 0.25) is 0 Å². The summed E-state index contributed by atoms with van der Waals surface area (Å²) in [7, 11) is -4.24. The molecule has 40 heavy (non-hydrogen) atoms. The minimum absolute atomic E-state index is 0.137. The van der Waals surface area contributed by atoms with Crippen molar-refractivity contribution < 1.29 is 22.4 Å². The maximum Gasteiger partial charge on any atom is 0.264 e. The maximum absolute atomic E-state index is 14.0. The van der Waals surface area contributed by atoms with Crippen molar-refractivity contribution in [2.75, 3.05) is 17.4 Å². The Morgan fingerprint density at radius 3 is 2.20 bits per heavy atom. The molecule has 0 aliphatic rings. The second kappa shape index (κ2) is 14.1. The van der Waals surface area contributed by atoms with E-state index in [0.717, 1.165) is 46.0 Å². The van der Waals surface area contributed by atoms with E-state index < -0.39 is 34.3 Å². The van der Waals surface area contributed by atoms with Crippen LogP contribution < -0.4 is 9.62 Å². The maximum atomic E-state index is 14.0. The first-order valence-electron chi connectivity index (χ1n) is 13.5. The number of benzene rings is 3. The van der Waals surface area contributed by atoms with E-state index in [1.54, 1.807) is 24.3 Å². The van der Waals surface area contributed by atoms with Crippen LogP contribution in [-0.2, 0) is 26.2 Å². The summed E-state index contributed by atoms with van der Waals surface area (Å²) in [5.74, 6) is -1.37. The van der Waals surface area contributed by atoms with Crippen LogP contribution in [0.3, 0.4) is 0 Å². The highest BCUT2D eigenvalue weighted by molar-refractivity contribution is 7.92. The number of hydrogen-bond acceptors (Lipinski definition) is 4. The first-order valence-corrected chi connectivity index (χ1v) is 15.0. The van der Waals surface area contributed by atoms with Crippen LogP contribution in [-0.4, -0.2) is 44.3 Å². The largest absolute Gasteiger partial charge is 0.354 e. The normalized spacial score (nSPS) is 12.0. The zero-order chi connectivity index (χ0) is 29.3. The first kappa shape index (κ1) is 30.8. The fourth-order valence-electron chi connectivity index (χ4n) is 4.41. The van der Waals surface area contributed by atoms with Crippen LogP contribution in [0.4, 0.5) is 10.1 Å². The Bertz CT molecular complexity index is 1390. The van der Waals surface area contributed by atoms with E-state index >= 15 is 0 Å². The van der Waals surface area contributed by atoms with Gasteiger partial charge in [0, 0.05) is 13.1 Å². The number of halogens is 1. The summed E-state index contributed by atoms with van der Waals surface area (Å²) in [6.07, 6.45) is 2.08. The Balaban J connectivity index is 2.03. The molecular formula is C31H38FN3O4S. The van der Waals surface area contributed by atoms with E-state index in [2.05, 4.69) is 5.32 Å². The number of sulfonamides is 1. The standard InChI is InChI=1S/C31H38FN3O4S/c1-5-7-19-33-31(37)29(6-2)34(21-25-10-8-9-24(4)20-25)30(36)22-35(27-15-11-23(3)12-16-27)40(38,39)28-17-13-26(32)14-18-28/h8-18,20,29H,5-7,19,21-22H2,1-4H3,(H,33,37)/t29-/m1/s1. The third-order valence-corrected chi connectivity index (χ3v) is 8.44. The van der Waals surface area contributed by atoms with Crippen LogP contribution in [0.1, 0.15) is 49.8 Å². The molecule has 0 aromatic heterocycles. The van der Waals surface area contributed by atoms with Gasteiger partial charge in [0.05, 0.1) is 10.6 Å². The summed E-state index contributed by atoms with van der Waals surface area (Å²) in [4.78, 5) is 28.6. The number of nitrogens with one attached hydrogen (secondary N) is 1. The highest BCUT2D eigenvalue weighted by atomic mass is 32.2. The number of carbonyl (C=O) groups excluding carboxylic acids is 2. The average Bonchev–Trinajstić information content (AvgIpc) is 2.92. The number of carbonyl (C=O) groups is 2. The van der Waals surface area contributed by atoms with Crippen LogP contribution >= 0.6 is 0 Å². The molecule has 3 rings (SSSR count). The number of hydrogen-bond donors (Lipinski definition) is 1. The van der Waals surface area contributed by atoms with Gasteiger partial charge in [0.15, 0.2) is 0 Å². The number of unbranched alkanes of at least 4 members (excludes halogenated alkanes) is 1. The van der Waals surface area contributed by atoms with Gasteiger partial charge in [-0.25, -0.2) is 12.8 Å². The van der Waals surface area contributed by atoms with Gasteiger partial charge in [-0.2, -0.15) is 0 Å². The third-order valence-electron chi connectivity index (χ3n) is 6.65. The van der Waals surface area contributed by atoms with E-state index in [0.29, 0.717) is 18.7 Å². The Morgan fingerprint density at radius 1 is 0.925 bits per heavy atom. The summed E-state index contributed by atoms with van der Waals surface area (Å²) in [5.41, 5.74) is 3.05. The van der Waals surface area contributed by atoms with E-state index in [-0.39, 0.29) is 17.3 Å². The zero-order valence-electron chi connectivity index (χ0n) is 23.6. The van der Waals surface area contributed by atoms with Crippen LogP contribution in [0.15, 0.2) is 77.7 Å². The van der Waals surface area contributed by atoms with Crippen LogP contribution in [0.5, 0.6) is 0 Å². The Morgan fingerprint density at radius 2 is 1.60 bits per heavy atom. The predicted octanol–water partition coefficient (Wildman–Crippen LogP) is 5.36. The monoisotopic (exact) mass is 567 g/mol. The smallest absolute Gasteiger partial charge is 0.264 e. The van der Waals surface area contributed by atoms with E-state index in [1.807, 2.05) is 52.0 Å². The highest BCUT2D eigenvalue weighted by Crippen LogP contribution is 2.25. The van der Waals surface area contributed by atoms with Crippen molar-refractivity contribution in [2.24, 2.45) is 0 Å². The van der Waals surface area contributed by atoms with Crippen molar-refractivity contribution in [3.8, 4) is 0 Å². The molecule has 0 saturated heterocycles. The summed E-state index contributed by atoms with van der Waals surface area (Å²) in [6, 6.07) is 18.1. The second-order valence-electron chi connectivity index (χ2n) is 9.88. The number of rotatable bonds is 13. The number of anilines is 1. The molecule has 1 atom stereocenters. The van der Waals surface area contributed by atoms with Gasteiger partial charge >= 0.3 is 0 Å². The van der Waals surface area contributed by atoms with Crippen LogP contribution in [0.25, 0.3) is 0 Å². The lowest BCUT2D eigenvalue weighted by atomic mass is 10.1. The van der Waals surface area contributed by atoms with Gasteiger partial charge in [-0.1, -0.05) is 67.8 Å². The highest BCUT2D eigenvalue weighted by Gasteiger charge is 2.33. The van der Waals surface area contributed by atoms with Crippen molar-refractivity contribution in [2.45, 2.75) is 64.4 Å². The predicted molar refractivity (Wildman–Crippen MR) is 156 cm³/mol. The minimum Gasteiger partial charge on any atom is -0.354 e. The van der Waals surface area contributed by atoms with Gasteiger partial charge in [-0.05, 0) is 68.7 Å². The van der Waals surface area contributed by atoms with E-state index in [4.69, 9.17) is 0 Å². The number of nitrogens with zero attached hydrogens (tertiary/aromatic N) is 2. The van der Waals surface area contributed by atoms with Gasteiger partial charge in [0.25, 0.3) is 10.0 Å². The summed E-state index contributed by atoms with van der Waals surface area (Å²) >= 11 is 0. The lowest BCUT2D eigenvalue weighted by Gasteiger charge is -2.33. The quantitative estimate of drug-likeness (QED) is 0.282. The Hall–Kier alpha value is -3.72. The second-order valence-corrected chi connectivity index (χ2v) is 11.7. The van der Waals surface area contributed by atoms with E-state index in [1.165, 1.54) is 17.0 Å². The first-order chi connectivity index (χ1) is 19.1. The van der Waals surface area contributed by atoms with Crippen molar-refractivity contribution in [1.82, 2.24) is 10.2 Å². The molecule has 9 heteroatoms. The molecule has 214 valence electrons. The summed E-state index contributed by atoms with van der Waals surface area (Å²) in [6.45, 7) is 7.77. The molecule has 0 aliphatic heterocycles. The van der Waals surface area contributed by atoms with Gasteiger partial charge in [0.1, 0.15) is 18.4 Å². The Kier molecular flexibility index (Phi) is 10.8. The van der Waals surface area contributed by atoms with Gasteiger partial charge in [-0.15, -0.1) is 0 Å². The number of aryl methyl sites for hydroxylation is 2. The van der Waals surface area contributed by atoms with Crippen molar-refractivity contribution in [3.63, 3.8) is 0 Å². The lowest BCUT2D eigenvalue weighted by molar-refractivity contribution is -0.140. The molecule has 1 N–H and O–H groups in total. The molecule has 2 amide bonds. The summed E-state index contributed by atoms with van der Waals surface area (Å²) < 4.78 is 42.2. The molecule has 7 nitrogen and oxygen atoms in total. The fourth-order valence-corrected chi connectivity index (χ4v) is 5.82. The number of amides is 2. The van der Waals surface area contributed by atoms with Gasteiger partial charge in [0.2, 0.25) is 11.8 Å². The van der Waals surface area contributed by atoms with Gasteiger partial charge in [-0.3, -0.25) is 13.9 Å². The molecule has 0 fully saturated rings. The average molecular weight is 568 g/mol. The molecular weight excluding hydrogens is 529 g/mol. The molecule has 0 unspecified atom stereocenters. The van der Waals surface area contributed by atoms with Crippen molar-refractivity contribution in [3.05, 3.63) is 95.3 Å². The molecule has 0 bridgehead atoms. The Labute approximate surface area is 237 Å². The molecule has 0 radical (unpaired) electrons. The zero-order valence-corrected chi connectivity index (χ0v) is 24.4. The summed E-state index contributed by atoms with van der Waals surface area (Å²) in [5, 5.41) is 2.92. The van der Waals surface area contributed by atoms with E-state index in [9.17, 15) is 22.4 Å². The fraction of sp³-hybridized carbons (Fsp3) is 0.355. The molecule has 0 saturated carbocycles. The molecule has 3 aromatic rings.